The molecule has 2 aromatic rings. The molecule has 4 rings (SSSR count). The van der Waals surface area contributed by atoms with E-state index in [1.54, 1.807) is 13.8 Å². The fraction of sp³-hybridized carbons (Fsp3) is 0.464. The van der Waals surface area contributed by atoms with E-state index in [0.29, 0.717) is 19.4 Å². The van der Waals surface area contributed by atoms with E-state index in [9.17, 15) is 19.5 Å². The zero-order chi connectivity index (χ0) is 25.0. The van der Waals surface area contributed by atoms with Crippen LogP contribution >= 0.6 is 0 Å². The molecule has 7 nitrogen and oxygen atoms in total. The van der Waals surface area contributed by atoms with Crippen LogP contribution in [0.25, 0.3) is 11.1 Å². The summed E-state index contributed by atoms with van der Waals surface area (Å²) in [6, 6.07) is 16.3. The summed E-state index contributed by atoms with van der Waals surface area (Å²) in [6.07, 6.45) is 2.87. The van der Waals surface area contributed by atoms with Crippen molar-refractivity contribution in [2.45, 2.75) is 57.9 Å². The number of aliphatic carboxylic acids is 1. The zero-order valence-electron chi connectivity index (χ0n) is 20.4. The van der Waals surface area contributed by atoms with Crippen LogP contribution in [0, 0.1) is 11.3 Å². The van der Waals surface area contributed by atoms with E-state index in [1.165, 1.54) is 22.3 Å². The predicted molar refractivity (Wildman–Crippen MR) is 133 cm³/mol. The number of nitrogens with one attached hydrogen (secondary N) is 2. The van der Waals surface area contributed by atoms with E-state index in [-0.39, 0.29) is 30.4 Å². The minimum atomic E-state index is -0.881. The predicted octanol–water partition coefficient (Wildman–Crippen LogP) is 4.70. The Kier molecular flexibility index (Phi) is 7.43. The van der Waals surface area contributed by atoms with Gasteiger partial charge in [0.15, 0.2) is 0 Å². The molecular weight excluding hydrogens is 444 g/mol. The molecule has 2 atom stereocenters. The van der Waals surface area contributed by atoms with Gasteiger partial charge < -0.3 is 20.5 Å². The van der Waals surface area contributed by atoms with E-state index in [0.717, 1.165) is 19.3 Å². The summed E-state index contributed by atoms with van der Waals surface area (Å²) in [5.74, 6) is -1.15. The Hall–Kier alpha value is -3.35. The first-order valence-electron chi connectivity index (χ1n) is 12.4. The average Bonchev–Trinajstić information content (AvgIpc) is 3.16. The minimum Gasteiger partial charge on any atom is -0.481 e. The number of alkyl carbamates (subject to hydrolysis) is 1. The summed E-state index contributed by atoms with van der Waals surface area (Å²) < 4.78 is 5.66. The summed E-state index contributed by atoms with van der Waals surface area (Å²) >= 11 is 0. The molecule has 0 saturated heterocycles. The molecule has 0 spiro atoms. The third kappa shape index (κ3) is 5.66. The van der Waals surface area contributed by atoms with Crippen molar-refractivity contribution in [1.82, 2.24) is 10.6 Å². The minimum absolute atomic E-state index is 0.00749. The molecule has 1 saturated carbocycles. The van der Waals surface area contributed by atoms with Gasteiger partial charge in [-0.15, -0.1) is 0 Å². The van der Waals surface area contributed by atoms with Crippen molar-refractivity contribution in [3.05, 3.63) is 59.7 Å². The van der Waals surface area contributed by atoms with Gasteiger partial charge in [-0.2, -0.15) is 0 Å². The Balaban J connectivity index is 1.27. The highest BCUT2D eigenvalue weighted by atomic mass is 16.5. The Labute approximate surface area is 206 Å². The molecule has 1 fully saturated rings. The third-order valence-electron chi connectivity index (χ3n) is 7.34. The van der Waals surface area contributed by atoms with Crippen molar-refractivity contribution >= 4 is 18.0 Å². The molecule has 2 aliphatic rings. The van der Waals surface area contributed by atoms with Crippen LogP contribution in [0.1, 0.15) is 63.0 Å². The molecule has 2 aliphatic carbocycles. The highest BCUT2D eigenvalue weighted by Crippen LogP contribution is 2.44. The number of carbonyl (C=O) groups is 3. The number of hydrogen-bond acceptors (Lipinski definition) is 4. The lowest BCUT2D eigenvalue weighted by atomic mass is 9.85. The second-order valence-corrected chi connectivity index (χ2v) is 10.3. The van der Waals surface area contributed by atoms with E-state index in [2.05, 4.69) is 34.9 Å². The van der Waals surface area contributed by atoms with Crippen molar-refractivity contribution in [1.29, 1.82) is 0 Å². The van der Waals surface area contributed by atoms with Gasteiger partial charge >= 0.3 is 12.1 Å². The van der Waals surface area contributed by atoms with E-state index < -0.39 is 17.5 Å². The molecule has 2 unspecified atom stereocenters. The number of amides is 2. The number of carboxylic acid groups (broad SMARTS) is 1. The van der Waals surface area contributed by atoms with Gasteiger partial charge in [0.05, 0.1) is 5.41 Å². The molecule has 3 N–H and O–H groups in total. The summed E-state index contributed by atoms with van der Waals surface area (Å²) in [6.45, 7) is 3.88. The summed E-state index contributed by atoms with van der Waals surface area (Å²) in [5.41, 5.74) is 3.83. The van der Waals surface area contributed by atoms with Crippen LogP contribution in [0.2, 0.25) is 0 Å². The maximum absolute atomic E-state index is 12.6. The molecule has 0 heterocycles. The van der Waals surface area contributed by atoms with E-state index in [4.69, 9.17) is 4.74 Å². The van der Waals surface area contributed by atoms with Crippen LogP contribution in [0.15, 0.2) is 48.5 Å². The Morgan fingerprint density at radius 3 is 2.26 bits per heavy atom. The van der Waals surface area contributed by atoms with Crippen LogP contribution in [0.3, 0.4) is 0 Å². The standard InChI is InChI=1S/C28H34N2O5/c1-28(2,26(32)33)14-15-29-25(31)18-8-7-9-19(16-18)30-27(34)35-17-24-22-12-5-3-10-20(22)21-11-4-6-13-23(21)24/h3-6,10-13,18-19,24H,7-9,14-17H2,1-2H3,(H,29,31)(H,30,34)(H,32,33). The first-order valence-corrected chi connectivity index (χ1v) is 12.4. The lowest BCUT2D eigenvalue weighted by molar-refractivity contribution is -0.147. The molecule has 0 aromatic heterocycles. The topological polar surface area (TPSA) is 105 Å². The molecule has 0 bridgehead atoms. The number of carboxylic acids is 1. The van der Waals surface area contributed by atoms with E-state index in [1.807, 2.05) is 24.3 Å². The van der Waals surface area contributed by atoms with E-state index >= 15 is 0 Å². The summed E-state index contributed by atoms with van der Waals surface area (Å²) in [4.78, 5) is 36.5. The fourth-order valence-corrected chi connectivity index (χ4v) is 5.12. The Morgan fingerprint density at radius 1 is 1.00 bits per heavy atom. The van der Waals surface area contributed by atoms with Gasteiger partial charge in [-0.3, -0.25) is 9.59 Å². The average molecular weight is 479 g/mol. The van der Waals surface area contributed by atoms with Crippen LogP contribution in [-0.4, -0.2) is 42.3 Å². The highest BCUT2D eigenvalue weighted by Gasteiger charge is 2.32. The summed E-state index contributed by atoms with van der Waals surface area (Å²) in [7, 11) is 0. The van der Waals surface area contributed by atoms with Crippen LogP contribution in [0.5, 0.6) is 0 Å². The molecule has 186 valence electrons. The molecule has 35 heavy (non-hydrogen) atoms. The molecule has 0 aliphatic heterocycles. The van der Waals surface area contributed by atoms with Gasteiger partial charge in [0, 0.05) is 24.4 Å². The second kappa shape index (κ2) is 10.5. The Bertz CT molecular complexity index is 1050. The van der Waals surface area contributed by atoms with Crippen LogP contribution in [-0.2, 0) is 14.3 Å². The zero-order valence-corrected chi connectivity index (χ0v) is 20.4. The number of benzene rings is 2. The summed E-state index contributed by atoms with van der Waals surface area (Å²) in [5, 5.41) is 15.0. The van der Waals surface area contributed by atoms with Gasteiger partial charge in [-0.1, -0.05) is 55.0 Å². The largest absolute Gasteiger partial charge is 0.481 e. The number of hydrogen-bond donors (Lipinski definition) is 3. The first-order chi connectivity index (χ1) is 16.8. The molecular formula is C28H34N2O5. The van der Waals surface area contributed by atoms with Gasteiger partial charge in [-0.25, -0.2) is 4.79 Å². The molecule has 2 amide bonds. The van der Waals surface area contributed by atoms with Crippen molar-refractivity contribution in [2.24, 2.45) is 11.3 Å². The van der Waals surface area contributed by atoms with Gasteiger partial charge in [0.25, 0.3) is 0 Å². The molecule has 7 heteroatoms. The highest BCUT2D eigenvalue weighted by molar-refractivity contribution is 5.80. The van der Waals surface area contributed by atoms with Crippen molar-refractivity contribution in [3.8, 4) is 11.1 Å². The Morgan fingerprint density at radius 2 is 1.63 bits per heavy atom. The van der Waals surface area contributed by atoms with Gasteiger partial charge in [0.2, 0.25) is 5.91 Å². The fourth-order valence-electron chi connectivity index (χ4n) is 5.12. The van der Waals surface area contributed by atoms with Gasteiger partial charge in [-0.05, 0) is 61.8 Å². The normalized spacial score (nSPS) is 19.4. The molecule has 0 radical (unpaired) electrons. The van der Waals surface area contributed by atoms with Gasteiger partial charge in [0.1, 0.15) is 6.61 Å². The second-order valence-electron chi connectivity index (χ2n) is 10.3. The van der Waals surface area contributed by atoms with Crippen molar-refractivity contribution in [2.75, 3.05) is 13.2 Å². The number of rotatable bonds is 8. The lowest BCUT2D eigenvalue weighted by Gasteiger charge is -2.29. The molecule has 2 aromatic carbocycles. The monoisotopic (exact) mass is 478 g/mol. The van der Waals surface area contributed by atoms with Crippen molar-refractivity contribution < 1.29 is 24.2 Å². The quantitative estimate of drug-likeness (QED) is 0.510. The lowest BCUT2D eigenvalue weighted by Crippen LogP contribution is -2.43. The number of ether oxygens (including phenoxy) is 1. The number of carbonyl (C=O) groups excluding carboxylic acids is 2. The third-order valence-corrected chi connectivity index (χ3v) is 7.34. The maximum atomic E-state index is 12.6. The SMILES string of the molecule is CC(C)(CCNC(=O)C1CCCC(NC(=O)OCC2c3ccccc3-c3ccccc32)C1)C(=O)O. The van der Waals surface area contributed by atoms with Crippen molar-refractivity contribution in [3.63, 3.8) is 0 Å². The maximum Gasteiger partial charge on any atom is 0.407 e. The van der Waals surface area contributed by atoms with Crippen LogP contribution < -0.4 is 10.6 Å². The number of fused-ring (bicyclic) bond motifs is 3. The smallest absolute Gasteiger partial charge is 0.407 e. The van der Waals surface area contributed by atoms with Crippen LogP contribution in [0.4, 0.5) is 4.79 Å². The first kappa shape index (κ1) is 24.8.